The number of aryl methyl sites for hydroxylation is 1. The molecule has 11 heavy (non-hydrogen) atoms. The van der Waals surface area contributed by atoms with E-state index in [9.17, 15) is 0 Å². The Balaban J connectivity index is 2.86. The van der Waals surface area contributed by atoms with E-state index in [1.54, 1.807) is 6.07 Å². The van der Waals surface area contributed by atoms with E-state index in [1.807, 2.05) is 0 Å². The van der Waals surface area contributed by atoms with Crippen LogP contribution >= 0.6 is 0 Å². The molecule has 0 unspecified atom stereocenters. The van der Waals surface area contributed by atoms with Gasteiger partial charge >= 0.3 is 0 Å². The standard InChI is InChI=1S/C7H12N4/c1-2-3-5-4-6(8)7(9)11-10-5/h4H,2-3H2,1H3,(H2,8,10)(H2,9,11). The lowest BCUT2D eigenvalue weighted by molar-refractivity contribution is 0.843. The minimum Gasteiger partial charge on any atom is -0.396 e. The highest BCUT2D eigenvalue weighted by molar-refractivity contribution is 5.57. The number of nitrogen functional groups attached to an aromatic ring is 2. The van der Waals surface area contributed by atoms with Gasteiger partial charge in [0.15, 0.2) is 5.82 Å². The third kappa shape index (κ3) is 1.80. The van der Waals surface area contributed by atoms with Crippen LogP contribution in [0.1, 0.15) is 19.0 Å². The number of hydrogen-bond acceptors (Lipinski definition) is 4. The van der Waals surface area contributed by atoms with Crippen molar-refractivity contribution >= 4 is 11.5 Å². The Hall–Kier alpha value is -1.32. The molecule has 0 amide bonds. The van der Waals surface area contributed by atoms with E-state index in [0.717, 1.165) is 18.5 Å². The van der Waals surface area contributed by atoms with Crippen LogP contribution in [0.25, 0.3) is 0 Å². The second-order valence-electron chi connectivity index (χ2n) is 2.43. The first-order chi connectivity index (χ1) is 5.24. The smallest absolute Gasteiger partial charge is 0.169 e. The zero-order valence-corrected chi connectivity index (χ0v) is 6.54. The van der Waals surface area contributed by atoms with Crippen LogP contribution in [-0.4, -0.2) is 10.2 Å². The molecule has 0 fully saturated rings. The van der Waals surface area contributed by atoms with Gasteiger partial charge in [-0.25, -0.2) is 0 Å². The van der Waals surface area contributed by atoms with Gasteiger partial charge in [-0.15, -0.1) is 5.10 Å². The van der Waals surface area contributed by atoms with Crippen molar-refractivity contribution in [1.29, 1.82) is 0 Å². The Morgan fingerprint density at radius 2 is 2.09 bits per heavy atom. The van der Waals surface area contributed by atoms with Crippen molar-refractivity contribution < 1.29 is 0 Å². The van der Waals surface area contributed by atoms with Gasteiger partial charge in [0.25, 0.3) is 0 Å². The van der Waals surface area contributed by atoms with E-state index in [1.165, 1.54) is 0 Å². The van der Waals surface area contributed by atoms with Gasteiger partial charge in [-0.1, -0.05) is 13.3 Å². The minimum absolute atomic E-state index is 0.310. The van der Waals surface area contributed by atoms with Crippen LogP contribution in [0.5, 0.6) is 0 Å². The monoisotopic (exact) mass is 152 g/mol. The van der Waals surface area contributed by atoms with Gasteiger partial charge in [-0.2, -0.15) is 5.10 Å². The third-order valence-corrected chi connectivity index (χ3v) is 1.41. The van der Waals surface area contributed by atoms with Gasteiger partial charge < -0.3 is 11.5 Å². The van der Waals surface area contributed by atoms with Crippen molar-refractivity contribution in [1.82, 2.24) is 10.2 Å². The fraction of sp³-hybridized carbons (Fsp3) is 0.429. The minimum atomic E-state index is 0.310. The third-order valence-electron chi connectivity index (χ3n) is 1.41. The van der Waals surface area contributed by atoms with Gasteiger partial charge in [0, 0.05) is 0 Å². The highest BCUT2D eigenvalue weighted by Gasteiger charge is 1.98. The molecule has 0 spiro atoms. The number of rotatable bonds is 2. The molecule has 1 heterocycles. The number of aromatic nitrogens is 2. The van der Waals surface area contributed by atoms with Gasteiger partial charge in [0.1, 0.15) is 0 Å². The van der Waals surface area contributed by atoms with Crippen LogP contribution in [0.2, 0.25) is 0 Å². The molecule has 1 aromatic rings. The lowest BCUT2D eigenvalue weighted by Gasteiger charge is -1.99. The van der Waals surface area contributed by atoms with Crippen molar-refractivity contribution in [3.05, 3.63) is 11.8 Å². The molecule has 0 bridgehead atoms. The molecule has 1 rings (SSSR count). The van der Waals surface area contributed by atoms with Crippen molar-refractivity contribution in [3.8, 4) is 0 Å². The molecule has 0 aliphatic rings. The molecule has 0 aliphatic heterocycles. The molecular weight excluding hydrogens is 140 g/mol. The zero-order chi connectivity index (χ0) is 8.27. The van der Waals surface area contributed by atoms with Crippen molar-refractivity contribution in [2.24, 2.45) is 0 Å². The molecular formula is C7H12N4. The zero-order valence-electron chi connectivity index (χ0n) is 6.54. The lowest BCUT2D eigenvalue weighted by atomic mass is 10.2. The Labute approximate surface area is 65.6 Å². The second kappa shape index (κ2) is 3.18. The van der Waals surface area contributed by atoms with Crippen molar-refractivity contribution in [2.45, 2.75) is 19.8 Å². The summed E-state index contributed by atoms with van der Waals surface area (Å²) in [6, 6.07) is 1.77. The van der Waals surface area contributed by atoms with Crippen LogP contribution < -0.4 is 11.5 Å². The molecule has 0 aliphatic carbocycles. The number of anilines is 2. The molecule has 0 atom stereocenters. The van der Waals surface area contributed by atoms with Gasteiger partial charge in [-0.05, 0) is 12.5 Å². The summed E-state index contributed by atoms with van der Waals surface area (Å²) in [5.41, 5.74) is 12.3. The van der Waals surface area contributed by atoms with Gasteiger partial charge in [0.2, 0.25) is 0 Å². The Kier molecular flexibility index (Phi) is 2.25. The first-order valence-corrected chi connectivity index (χ1v) is 3.61. The average molecular weight is 152 g/mol. The van der Waals surface area contributed by atoms with Crippen LogP contribution in [0.15, 0.2) is 6.07 Å². The summed E-state index contributed by atoms with van der Waals surface area (Å²) in [7, 11) is 0. The highest BCUT2D eigenvalue weighted by atomic mass is 15.1. The first kappa shape index (κ1) is 7.78. The summed E-state index contributed by atoms with van der Waals surface area (Å²) in [6.07, 6.45) is 1.94. The summed E-state index contributed by atoms with van der Waals surface area (Å²) in [5.74, 6) is 0.310. The fourth-order valence-electron chi connectivity index (χ4n) is 0.836. The van der Waals surface area contributed by atoms with Crippen molar-refractivity contribution in [3.63, 3.8) is 0 Å². The quantitative estimate of drug-likeness (QED) is 0.650. The molecule has 0 saturated heterocycles. The SMILES string of the molecule is CCCc1cc(N)c(N)nn1. The van der Waals surface area contributed by atoms with E-state index in [2.05, 4.69) is 17.1 Å². The summed E-state index contributed by atoms with van der Waals surface area (Å²) >= 11 is 0. The molecule has 60 valence electrons. The van der Waals surface area contributed by atoms with E-state index in [0.29, 0.717) is 11.5 Å². The molecule has 1 aromatic heterocycles. The second-order valence-corrected chi connectivity index (χ2v) is 2.43. The predicted octanol–water partition coefficient (Wildman–Crippen LogP) is 0.594. The fourth-order valence-corrected chi connectivity index (χ4v) is 0.836. The van der Waals surface area contributed by atoms with Crippen LogP contribution in [-0.2, 0) is 6.42 Å². The average Bonchev–Trinajstić information content (AvgIpc) is 1.98. The Morgan fingerprint density at radius 1 is 1.36 bits per heavy atom. The van der Waals surface area contributed by atoms with E-state index in [4.69, 9.17) is 11.5 Å². The predicted molar refractivity (Wildman–Crippen MR) is 44.9 cm³/mol. The molecule has 4 heteroatoms. The van der Waals surface area contributed by atoms with Crippen LogP contribution in [0.3, 0.4) is 0 Å². The molecule has 4 N–H and O–H groups in total. The lowest BCUT2D eigenvalue weighted by Crippen LogP contribution is -2.02. The Morgan fingerprint density at radius 3 is 2.64 bits per heavy atom. The largest absolute Gasteiger partial charge is 0.396 e. The maximum absolute atomic E-state index is 5.52. The summed E-state index contributed by atoms with van der Waals surface area (Å²) in [5, 5.41) is 7.57. The summed E-state index contributed by atoms with van der Waals surface area (Å²) in [6.45, 7) is 2.08. The number of hydrogen-bond donors (Lipinski definition) is 2. The van der Waals surface area contributed by atoms with E-state index < -0.39 is 0 Å². The van der Waals surface area contributed by atoms with E-state index in [-0.39, 0.29) is 0 Å². The van der Waals surface area contributed by atoms with Crippen LogP contribution in [0.4, 0.5) is 11.5 Å². The normalized spacial score (nSPS) is 9.91. The first-order valence-electron chi connectivity index (χ1n) is 3.61. The topological polar surface area (TPSA) is 77.8 Å². The maximum Gasteiger partial charge on any atom is 0.169 e. The molecule has 0 radical (unpaired) electrons. The maximum atomic E-state index is 5.52. The highest BCUT2D eigenvalue weighted by Crippen LogP contribution is 2.10. The summed E-state index contributed by atoms with van der Waals surface area (Å²) < 4.78 is 0. The summed E-state index contributed by atoms with van der Waals surface area (Å²) in [4.78, 5) is 0. The molecule has 4 nitrogen and oxygen atoms in total. The molecule has 0 saturated carbocycles. The number of nitrogens with zero attached hydrogens (tertiary/aromatic N) is 2. The molecule has 0 aromatic carbocycles. The van der Waals surface area contributed by atoms with Crippen LogP contribution in [0, 0.1) is 0 Å². The van der Waals surface area contributed by atoms with E-state index >= 15 is 0 Å². The van der Waals surface area contributed by atoms with Crippen molar-refractivity contribution in [2.75, 3.05) is 11.5 Å². The Bertz CT molecular complexity index is 246. The number of nitrogens with two attached hydrogens (primary N) is 2. The van der Waals surface area contributed by atoms with Gasteiger partial charge in [-0.3, -0.25) is 0 Å². The van der Waals surface area contributed by atoms with Gasteiger partial charge in [0.05, 0.1) is 11.4 Å².